The van der Waals surface area contributed by atoms with Crippen LogP contribution in [0.1, 0.15) is 29.5 Å². The van der Waals surface area contributed by atoms with E-state index < -0.39 is 29.0 Å². The molecule has 1 aliphatic heterocycles. The molecule has 2 atom stereocenters. The van der Waals surface area contributed by atoms with E-state index in [0.717, 1.165) is 12.1 Å². The minimum absolute atomic E-state index is 0.161. The van der Waals surface area contributed by atoms with E-state index in [4.69, 9.17) is 5.73 Å². The van der Waals surface area contributed by atoms with Gasteiger partial charge in [0, 0.05) is 18.3 Å². The Morgan fingerprint density at radius 1 is 1.11 bits per heavy atom. The molecule has 2 aromatic carbocycles. The average Bonchev–Trinajstić information content (AvgIpc) is 2.60. The van der Waals surface area contributed by atoms with Crippen molar-refractivity contribution >= 4 is 5.96 Å². The lowest BCUT2D eigenvalue weighted by Crippen LogP contribution is -2.47. The van der Waals surface area contributed by atoms with Crippen molar-refractivity contribution in [1.29, 1.82) is 0 Å². The molecule has 0 unspecified atom stereocenters. The number of rotatable bonds is 2. The molecule has 142 valence electrons. The number of hydrogen-bond donors (Lipinski definition) is 1. The molecule has 0 bridgehead atoms. The number of halogens is 4. The third-order valence-electron chi connectivity index (χ3n) is 5.01. The van der Waals surface area contributed by atoms with E-state index in [0.29, 0.717) is 16.8 Å². The van der Waals surface area contributed by atoms with Gasteiger partial charge < -0.3 is 10.6 Å². The molecule has 1 heterocycles. The second-order valence-corrected chi connectivity index (χ2v) is 6.70. The van der Waals surface area contributed by atoms with Gasteiger partial charge in [-0.25, -0.2) is 9.38 Å². The highest BCUT2D eigenvalue weighted by molar-refractivity contribution is 5.82. The number of likely N-dealkylation sites (N-methyl/N-ethyl adjacent to an activating group) is 1. The quantitative estimate of drug-likeness (QED) is 0.776. The molecule has 0 amide bonds. The monoisotopic (exact) mass is 377 g/mol. The zero-order valence-corrected chi connectivity index (χ0v) is 14.9. The Morgan fingerprint density at radius 3 is 2.26 bits per heavy atom. The van der Waals surface area contributed by atoms with Crippen LogP contribution < -0.4 is 5.73 Å². The highest BCUT2D eigenvalue weighted by Gasteiger charge is 2.45. The molecule has 0 saturated heterocycles. The lowest BCUT2D eigenvalue weighted by molar-refractivity contribution is -0.137. The smallest absolute Gasteiger partial charge is 0.370 e. The van der Waals surface area contributed by atoms with E-state index in [9.17, 15) is 17.6 Å². The minimum atomic E-state index is -4.43. The number of hydrogen-bond acceptors (Lipinski definition) is 3. The van der Waals surface area contributed by atoms with Crippen molar-refractivity contribution < 1.29 is 17.6 Å². The molecule has 27 heavy (non-hydrogen) atoms. The van der Waals surface area contributed by atoms with Crippen molar-refractivity contribution in [1.82, 2.24) is 4.90 Å². The van der Waals surface area contributed by atoms with Gasteiger partial charge in [0.2, 0.25) is 0 Å². The molecular weight excluding hydrogens is 358 g/mol. The summed E-state index contributed by atoms with van der Waals surface area (Å²) < 4.78 is 53.3. The molecule has 2 N–H and O–H groups in total. The van der Waals surface area contributed by atoms with Crippen LogP contribution in [0.5, 0.6) is 0 Å². The third kappa shape index (κ3) is 3.18. The molecule has 0 aromatic heterocycles. The molecule has 2 aromatic rings. The maximum atomic E-state index is 14.6. The van der Waals surface area contributed by atoms with Crippen molar-refractivity contribution in [3.05, 3.63) is 83.3 Å². The van der Waals surface area contributed by atoms with E-state index in [1.807, 2.05) is 0 Å². The molecule has 3 nitrogen and oxygen atoms in total. The average molecular weight is 377 g/mol. The van der Waals surface area contributed by atoms with Gasteiger partial charge in [-0.2, -0.15) is 13.2 Å². The van der Waals surface area contributed by atoms with Crippen LogP contribution in [0.2, 0.25) is 0 Å². The van der Waals surface area contributed by atoms with E-state index in [2.05, 4.69) is 11.6 Å². The zero-order valence-electron chi connectivity index (χ0n) is 14.9. The van der Waals surface area contributed by atoms with E-state index in [1.54, 1.807) is 37.1 Å². The highest BCUT2D eigenvalue weighted by atomic mass is 19.4. The fourth-order valence-corrected chi connectivity index (χ4v) is 3.51. The van der Waals surface area contributed by atoms with Crippen LogP contribution >= 0.6 is 0 Å². The highest BCUT2D eigenvalue weighted by Crippen LogP contribution is 2.48. The third-order valence-corrected chi connectivity index (χ3v) is 5.01. The van der Waals surface area contributed by atoms with E-state index in [1.165, 1.54) is 18.2 Å². The van der Waals surface area contributed by atoms with Gasteiger partial charge in [0.05, 0.1) is 11.5 Å². The minimum Gasteiger partial charge on any atom is -0.370 e. The van der Waals surface area contributed by atoms with Crippen LogP contribution in [0, 0.1) is 5.82 Å². The van der Waals surface area contributed by atoms with Gasteiger partial charge in [-0.05, 0) is 30.7 Å². The molecule has 1 aliphatic rings. The molecule has 0 fully saturated rings. The second kappa shape index (κ2) is 6.40. The van der Waals surface area contributed by atoms with Crippen LogP contribution in [-0.4, -0.2) is 17.9 Å². The number of alkyl halides is 3. The van der Waals surface area contributed by atoms with Gasteiger partial charge in [-0.1, -0.05) is 36.9 Å². The summed E-state index contributed by atoms with van der Waals surface area (Å²) in [7, 11) is 1.67. The van der Waals surface area contributed by atoms with Crippen LogP contribution in [0.25, 0.3) is 0 Å². The largest absolute Gasteiger partial charge is 0.416 e. The summed E-state index contributed by atoms with van der Waals surface area (Å²) in [6.07, 6.45) is -4.43. The van der Waals surface area contributed by atoms with Crippen LogP contribution in [0.4, 0.5) is 17.6 Å². The van der Waals surface area contributed by atoms with Crippen molar-refractivity contribution in [3.8, 4) is 0 Å². The predicted molar refractivity (Wildman–Crippen MR) is 96.5 cm³/mol. The van der Waals surface area contributed by atoms with Crippen LogP contribution in [0.3, 0.4) is 0 Å². The number of nitrogens with zero attached hydrogens (tertiary/aromatic N) is 2. The first-order valence-corrected chi connectivity index (χ1v) is 8.25. The van der Waals surface area contributed by atoms with E-state index >= 15 is 0 Å². The summed E-state index contributed by atoms with van der Waals surface area (Å²) in [5, 5.41) is 0. The van der Waals surface area contributed by atoms with Crippen molar-refractivity contribution in [2.24, 2.45) is 10.7 Å². The topological polar surface area (TPSA) is 41.6 Å². The van der Waals surface area contributed by atoms with Crippen molar-refractivity contribution in [2.45, 2.75) is 24.6 Å². The lowest BCUT2D eigenvalue weighted by atomic mass is 9.73. The molecule has 0 spiro atoms. The summed E-state index contributed by atoms with van der Waals surface area (Å²) in [6, 6.07) is 10.9. The van der Waals surface area contributed by atoms with Gasteiger partial charge in [-0.15, -0.1) is 0 Å². The standard InChI is InChI=1S/C20H19F4N3/c1-12-17(13-8-10-14(11-9-13)20(22,23)24)19(2,26-18(25)27(12)3)15-6-4-5-7-16(15)21/h4-11,17H,1H2,2-3H3,(H2,25,26)/t17-,19-/m1/s1. The molecule has 3 rings (SSSR count). The fraction of sp³-hybridized carbons (Fsp3) is 0.250. The zero-order chi connectivity index (χ0) is 20.0. The van der Waals surface area contributed by atoms with Gasteiger partial charge in [0.25, 0.3) is 0 Å². The predicted octanol–water partition coefficient (Wildman–Crippen LogP) is 4.62. The molecule has 7 heteroatoms. The first kappa shape index (κ1) is 18.9. The molecule has 0 radical (unpaired) electrons. The number of aliphatic imine (C=N–C) groups is 1. The Kier molecular flexibility index (Phi) is 4.49. The van der Waals surface area contributed by atoms with Gasteiger partial charge >= 0.3 is 6.18 Å². The first-order chi connectivity index (χ1) is 12.6. The Labute approximate surface area is 154 Å². The van der Waals surface area contributed by atoms with Gasteiger partial charge in [0.1, 0.15) is 11.4 Å². The fourth-order valence-electron chi connectivity index (χ4n) is 3.51. The number of benzene rings is 2. The maximum Gasteiger partial charge on any atom is 0.416 e. The molecule has 0 saturated carbocycles. The Hall–Kier alpha value is -2.83. The van der Waals surface area contributed by atoms with Crippen molar-refractivity contribution in [3.63, 3.8) is 0 Å². The molecular formula is C20H19F4N3. The van der Waals surface area contributed by atoms with Gasteiger partial charge in [0.15, 0.2) is 5.96 Å². The lowest BCUT2D eigenvalue weighted by Gasteiger charge is -2.44. The van der Waals surface area contributed by atoms with Crippen molar-refractivity contribution in [2.75, 3.05) is 7.05 Å². The van der Waals surface area contributed by atoms with Crippen LogP contribution in [-0.2, 0) is 11.7 Å². The normalized spacial score (nSPS) is 23.3. The maximum absolute atomic E-state index is 14.6. The Morgan fingerprint density at radius 2 is 1.70 bits per heavy atom. The Balaban J connectivity index is 2.18. The first-order valence-electron chi connectivity index (χ1n) is 8.25. The summed E-state index contributed by atoms with van der Waals surface area (Å²) >= 11 is 0. The Bertz CT molecular complexity index is 902. The summed E-state index contributed by atoms with van der Waals surface area (Å²) in [5.41, 5.74) is 5.45. The van der Waals surface area contributed by atoms with Crippen LogP contribution in [0.15, 0.2) is 65.8 Å². The summed E-state index contributed by atoms with van der Waals surface area (Å²) in [6.45, 7) is 5.75. The summed E-state index contributed by atoms with van der Waals surface area (Å²) in [4.78, 5) is 6.06. The number of nitrogens with two attached hydrogens (primary N) is 1. The van der Waals surface area contributed by atoms with Gasteiger partial charge in [-0.3, -0.25) is 0 Å². The SMILES string of the molecule is C=C1[C@H](c2ccc(C(F)(F)F)cc2)[C@@](C)(c2ccccc2F)N=C(N)N1C. The summed E-state index contributed by atoms with van der Waals surface area (Å²) in [5.74, 6) is -0.895. The number of guanidine groups is 1. The van der Waals surface area contributed by atoms with E-state index in [-0.39, 0.29) is 5.96 Å². The second-order valence-electron chi connectivity index (χ2n) is 6.70. The molecule has 0 aliphatic carbocycles.